The number of rotatable bonds is 5. The highest BCUT2D eigenvalue weighted by Crippen LogP contribution is 2.42. The summed E-state index contributed by atoms with van der Waals surface area (Å²) < 4.78 is 38.3. The zero-order valence-corrected chi connectivity index (χ0v) is 16.7. The van der Waals surface area contributed by atoms with Gasteiger partial charge < -0.3 is 9.47 Å². The second-order valence-corrected chi connectivity index (χ2v) is 9.09. The Balaban J connectivity index is 1.72. The number of sulfonamides is 1. The molecule has 0 aromatic heterocycles. The topological polar surface area (TPSA) is 81.7 Å². The quantitative estimate of drug-likeness (QED) is 0.819. The number of para-hydroxylation sites is 1. The number of carbonyl (C=O) groups is 1. The highest BCUT2D eigenvalue weighted by Gasteiger charge is 2.33. The highest BCUT2D eigenvalue weighted by molar-refractivity contribution is 7.90. The average Bonchev–Trinajstić information content (AvgIpc) is 2.89. The maximum atomic E-state index is 12.3. The number of nitrogens with one attached hydrogen (secondary N) is 1. The van der Waals surface area contributed by atoms with E-state index in [-0.39, 0.29) is 10.5 Å². The molecular weight excluding hydrogens is 390 g/mol. The number of fused-ring (bicyclic) bond motifs is 1. The minimum absolute atomic E-state index is 0.0573. The summed E-state index contributed by atoms with van der Waals surface area (Å²) in [7, 11) is -4.01. The Kier molecular flexibility index (Phi) is 5.10. The first kappa shape index (κ1) is 19.5. The summed E-state index contributed by atoms with van der Waals surface area (Å²) >= 11 is 5.76. The zero-order chi connectivity index (χ0) is 19.8. The molecule has 0 radical (unpaired) electrons. The van der Waals surface area contributed by atoms with Crippen LogP contribution in [0, 0.1) is 0 Å². The second kappa shape index (κ2) is 7.05. The minimum atomic E-state index is -4.01. The van der Waals surface area contributed by atoms with Crippen molar-refractivity contribution >= 4 is 27.5 Å². The van der Waals surface area contributed by atoms with E-state index < -0.39 is 22.0 Å². The monoisotopic (exact) mass is 409 g/mol. The molecule has 6 nitrogen and oxygen atoms in total. The van der Waals surface area contributed by atoms with E-state index in [4.69, 9.17) is 21.1 Å². The van der Waals surface area contributed by atoms with Crippen LogP contribution in [0.15, 0.2) is 47.4 Å². The fraction of sp³-hybridized carbons (Fsp3) is 0.316. The molecule has 0 aliphatic carbocycles. The van der Waals surface area contributed by atoms with E-state index in [1.165, 1.54) is 31.2 Å². The third kappa shape index (κ3) is 4.36. The molecule has 2 aromatic carbocycles. The van der Waals surface area contributed by atoms with Gasteiger partial charge in [-0.2, -0.15) is 0 Å². The van der Waals surface area contributed by atoms with Crippen molar-refractivity contribution in [1.29, 1.82) is 0 Å². The molecule has 1 amide bonds. The third-order valence-electron chi connectivity index (χ3n) is 4.09. The fourth-order valence-corrected chi connectivity index (χ4v) is 3.98. The summed E-state index contributed by atoms with van der Waals surface area (Å²) in [4.78, 5) is 12.3. The van der Waals surface area contributed by atoms with Crippen LogP contribution >= 0.6 is 11.6 Å². The Labute approximate surface area is 163 Å². The lowest BCUT2D eigenvalue weighted by Crippen LogP contribution is -2.40. The van der Waals surface area contributed by atoms with Gasteiger partial charge in [0, 0.05) is 17.0 Å². The molecule has 1 N–H and O–H groups in total. The lowest BCUT2D eigenvalue weighted by atomic mass is 10.0. The number of carbonyl (C=O) groups excluding carboxylic acids is 1. The fourth-order valence-electron chi connectivity index (χ4n) is 2.81. The van der Waals surface area contributed by atoms with Crippen LogP contribution in [-0.4, -0.2) is 26.0 Å². The molecule has 1 aliphatic heterocycles. The number of benzene rings is 2. The van der Waals surface area contributed by atoms with E-state index in [1.54, 1.807) is 6.07 Å². The largest absolute Gasteiger partial charge is 0.483 e. The number of hydrogen-bond donors (Lipinski definition) is 1. The maximum Gasteiger partial charge on any atom is 0.274 e. The van der Waals surface area contributed by atoms with Crippen molar-refractivity contribution in [3.8, 4) is 11.5 Å². The van der Waals surface area contributed by atoms with Gasteiger partial charge in [-0.15, -0.1) is 0 Å². The van der Waals surface area contributed by atoms with Crippen molar-refractivity contribution in [1.82, 2.24) is 4.72 Å². The molecule has 0 bridgehead atoms. The van der Waals surface area contributed by atoms with Crippen LogP contribution in [0.1, 0.15) is 26.3 Å². The molecule has 144 valence electrons. The molecule has 3 rings (SSSR count). The Morgan fingerprint density at radius 2 is 1.89 bits per heavy atom. The predicted octanol–water partition coefficient (Wildman–Crippen LogP) is 3.33. The number of amides is 1. The van der Waals surface area contributed by atoms with E-state index in [1.807, 2.05) is 30.7 Å². The third-order valence-corrected chi connectivity index (χ3v) is 5.70. The molecule has 1 atom stereocenters. The minimum Gasteiger partial charge on any atom is -0.483 e. The molecule has 1 aliphatic rings. The van der Waals surface area contributed by atoms with E-state index in [2.05, 4.69) is 0 Å². The highest BCUT2D eigenvalue weighted by atomic mass is 35.5. The van der Waals surface area contributed by atoms with Crippen molar-refractivity contribution in [3.63, 3.8) is 0 Å². The molecule has 0 saturated heterocycles. The van der Waals surface area contributed by atoms with E-state index >= 15 is 0 Å². The molecule has 0 spiro atoms. The summed E-state index contributed by atoms with van der Waals surface area (Å²) in [6.07, 6.45) is -0.309. The van der Waals surface area contributed by atoms with Crippen LogP contribution in [0.4, 0.5) is 0 Å². The Morgan fingerprint density at radius 3 is 2.56 bits per heavy atom. The molecule has 1 heterocycles. The normalized spacial score (nSPS) is 16.1. The molecule has 8 heteroatoms. The number of hydrogen-bond acceptors (Lipinski definition) is 5. The smallest absolute Gasteiger partial charge is 0.274 e. The Hall–Kier alpha value is -2.25. The Morgan fingerprint density at radius 1 is 1.22 bits per heavy atom. The van der Waals surface area contributed by atoms with Crippen molar-refractivity contribution in [3.05, 3.63) is 53.1 Å². The molecule has 0 fully saturated rings. The zero-order valence-electron chi connectivity index (χ0n) is 15.2. The number of ether oxygens (including phenoxy) is 2. The van der Waals surface area contributed by atoms with Gasteiger partial charge in [0.2, 0.25) is 0 Å². The van der Waals surface area contributed by atoms with E-state index in [0.717, 1.165) is 12.0 Å². The van der Waals surface area contributed by atoms with Gasteiger partial charge >= 0.3 is 0 Å². The molecule has 0 saturated carbocycles. The van der Waals surface area contributed by atoms with E-state index in [0.29, 0.717) is 16.5 Å². The van der Waals surface area contributed by atoms with Gasteiger partial charge in [-0.25, -0.2) is 13.1 Å². The summed E-state index contributed by atoms with van der Waals surface area (Å²) in [5, 5.41) is 0.401. The van der Waals surface area contributed by atoms with Crippen molar-refractivity contribution in [2.45, 2.75) is 43.8 Å². The molecule has 1 unspecified atom stereocenters. The van der Waals surface area contributed by atoms with Gasteiger partial charge in [-0.05, 0) is 51.1 Å². The van der Waals surface area contributed by atoms with Gasteiger partial charge in [0.15, 0.2) is 17.6 Å². The van der Waals surface area contributed by atoms with Crippen LogP contribution in [0.25, 0.3) is 0 Å². The van der Waals surface area contributed by atoms with E-state index in [9.17, 15) is 13.2 Å². The first-order valence-electron chi connectivity index (χ1n) is 8.37. The molecule has 27 heavy (non-hydrogen) atoms. The summed E-state index contributed by atoms with van der Waals surface area (Å²) in [6.45, 7) is 5.41. The van der Waals surface area contributed by atoms with Gasteiger partial charge in [0.1, 0.15) is 5.60 Å². The molecular formula is C19H20ClNO5S. The standard InChI is InChI=1S/C19H20ClNO5S/c1-12(18(22)21-27(23,24)15-9-7-14(20)8-10-15)25-16-6-4-5-13-11-19(2,3)26-17(13)16/h4-10,12H,11H2,1-3H3,(H,21,22). The summed E-state index contributed by atoms with van der Waals surface area (Å²) in [5.74, 6) is 0.215. The van der Waals surface area contributed by atoms with Crippen molar-refractivity contribution < 1.29 is 22.7 Å². The van der Waals surface area contributed by atoms with Crippen molar-refractivity contribution in [2.75, 3.05) is 0 Å². The maximum absolute atomic E-state index is 12.3. The van der Waals surface area contributed by atoms with Crippen LogP contribution in [0.2, 0.25) is 5.02 Å². The van der Waals surface area contributed by atoms with Crippen LogP contribution in [-0.2, 0) is 21.2 Å². The predicted molar refractivity (Wildman–Crippen MR) is 102 cm³/mol. The number of halogens is 1. The van der Waals surface area contributed by atoms with Crippen LogP contribution in [0.5, 0.6) is 11.5 Å². The lowest BCUT2D eigenvalue weighted by Gasteiger charge is -2.20. The Bertz CT molecular complexity index is 970. The lowest BCUT2D eigenvalue weighted by molar-refractivity contribution is -0.125. The summed E-state index contributed by atoms with van der Waals surface area (Å²) in [6, 6.07) is 11.0. The van der Waals surface area contributed by atoms with Gasteiger partial charge in [-0.3, -0.25) is 4.79 Å². The van der Waals surface area contributed by atoms with Crippen LogP contribution < -0.4 is 14.2 Å². The summed E-state index contributed by atoms with van der Waals surface area (Å²) in [5.41, 5.74) is 0.629. The van der Waals surface area contributed by atoms with Gasteiger partial charge in [-0.1, -0.05) is 23.7 Å². The van der Waals surface area contributed by atoms with Gasteiger partial charge in [0.05, 0.1) is 4.90 Å². The SMILES string of the molecule is CC(Oc1cccc2c1OC(C)(C)C2)C(=O)NS(=O)(=O)c1ccc(Cl)cc1. The average molecular weight is 410 g/mol. The van der Waals surface area contributed by atoms with Crippen LogP contribution in [0.3, 0.4) is 0 Å². The van der Waals surface area contributed by atoms with Crippen molar-refractivity contribution in [2.24, 2.45) is 0 Å². The van der Waals surface area contributed by atoms with Gasteiger partial charge in [0.25, 0.3) is 15.9 Å². The second-order valence-electron chi connectivity index (χ2n) is 6.97. The first-order valence-corrected chi connectivity index (χ1v) is 10.2. The molecule has 2 aromatic rings. The first-order chi connectivity index (χ1) is 12.6.